The second-order valence-corrected chi connectivity index (χ2v) is 2.79. The summed E-state index contributed by atoms with van der Waals surface area (Å²) in [6.07, 6.45) is 1.16. The molecule has 3 heteroatoms. The van der Waals surface area contributed by atoms with Crippen molar-refractivity contribution in [1.82, 2.24) is 10.2 Å². The van der Waals surface area contributed by atoms with E-state index in [1.807, 2.05) is 0 Å². The van der Waals surface area contributed by atoms with Gasteiger partial charge in [0.2, 0.25) is 5.91 Å². The van der Waals surface area contributed by atoms with Gasteiger partial charge in [-0.2, -0.15) is 0 Å². The summed E-state index contributed by atoms with van der Waals surface area (Å²) >= 11 is 0. The van der Waals surface area contributed by atoms with Gasteiger partial charge in [-0.25, -0.2) is 0 Å². The molecule has 0 aromatic heterocycles. The van der Waals surface area contributed by atoms with E-state index in [-0.39, 0.29) is 5.91 Å². The second-order valence-electron chi connectivity index (χ2n) is 2.79. The Bertz CT molecular complexity index is 115. The van der Waals surface area contributed by atoms with E-state index in [9.17, 15) is 4.79 Å². The van der Waals surface area contributed by atoms with Crippen LogP contribution in [0.2, 0.25) is 0 Å². The number of nitrogens with zero attached hydrogens (tertiary/aromatic N) is 1. The number of nitrogens with one attached hydrogen (secondary N) is 1. The average Bonchev–Trinajstić information content (AvgIpc) is 1.87. The van der Waals surface area contributed by atoms with Crippen molar-refractivity contribution in [2.24, 2.45) is 0 Å². The van der Waals surface area contributed by atoms with Crippen molar-refractivity contribution in [3.63, 3.8) is 0 Å². The molecule has 0 aliphatic rings. The van der Waals surface area contributed by atoms with Crippen molar-refractivity contribution in [1.29, 1.82) is 0 Å². The van der Waals surface area contributed by atoms with E-state index in [0.29, 0.717) is 0 Å². The van der Waals surface area contributed by atoms with Crippen molar-refractivity contribution in [3.8, 4) is 0 Å². The molecule has 0 saturated carbocycles. The summed E-state index contributed by atoms with van der Waals surface area (Å²) < 4.78 is 0. The van der Waals surface area contributed by atoms with Gasteiger partial charge in [-0.1, -0.05) is 6.92 Å². The van der Waals surface area contributed by atoms with Crippen LogP contribution in [0.4, 0.5) is 0 Å². The number of carbonyl (C=O) groups is 1. The van der Waals surface area contributed by atoms with E-state index in [4.69, 9.17) is 0 Å². The highest BCUT2D eigenvalue weighted by atomic mass is 16.1. The summed E-state index contributed by atoms with van der Waals surface area (Å²) in [6, 6.07) is 0. The monoisotopic (exact) mass is 158 g/mol. The maximum atomic E-state index is 10.5. The topological polar surface area (TPSA) is 32.3 Å². The van der Waals surface area contributed by atoms with Crippen molar-refractivity contribution >= 4 is 5.91 Å². The minimum atomic E-state index is 0.0508. The summed E-state index contributed by atoms with van der Waals surface area (Å²) in [5, 5.41) is 2.75. The van der Waals surface area contributed by atoms with Crippen molar-refractivity contribution < 1.29 is 4.79 Å². The molecule has 0 bridgehead atoms. The number of carbonyl (C=O) groups excluding carboxylic acids is 1. The number of hydrogen-bond donors (Lipinski definition) is 1. The first-order valence-corrected chi connectivity index (χ1v) is 4.09. The fraction of sp³-hybridized carbons (Fsp3) is 0.875. The van der Waals surface area contributed by atoms with E-state index in [1.165, 1.54) is 0 Å². The Morgan fingerprint density at radius 1 is 1.45 bits per heavy atom. The van der Waals surface area contributed by atoms with E-state index >= 15 is 0 Å². The highest BCUT2D eigenvalue weighted by Crippen LogP contribution is 1.83. The molecular formula is C8H18N2O. The van der Waals surface area contributed by atoms with Crippen LogP contribution >= 0.6 is 0 Å². The molecule has 3 nitrogen and oxygen atoms in total. The molecular weight excluding hydrogens is 140 g/mol. The zero-order valence-corrected chi connectivity index (χ0v) is 7.68. The SMILES string of the molecule is CCCN(C)CCNC(C)=O. The highest BCUT2D eigenvalue weighted by molar-refractivity contribution is 5.72. The molecule has 0 aliphatic heterocycles. The first-order chi connectivity index (χ1) is 5.16. The largest absolute Gasteiger partial charge is 0.355 e. The predicted molar refractivity (Wildman–Crippen MR) is 46.5 cm³/mol. The van der Waals surface area contributed by atoms with Gasteiger partial charge in [0.25, 0.3) is 0 Å². The van der Waals surface area contributed by atoms with Gasteiger partial charge in [-0.3, -0.25) is 4.79 Å². The fourth-order valence-corrected chi connectivity index (χ4v) is 0.916. The first-order valence-electron chi connectivity index (χ1n) is 4.09. The summed E-state index contributed by atoms with van der Waals surface area (Å²) in [5.74, 6) is 0.0508. The molecule has 0 rings (SSSR count). The summed E-state index contributed by atoms with van der Waals surface area (Å²) in [6.45, 7) is 6.48. The number of hydrogen-bond acceptors (Lipinski definition) is 2. The smallest absolute Gasteiger partial charge is 0.216 e. The van der Waals surface area contributed by atoms with E-state index < -0.39 is 0 Å². The minimum Gasteiger partial charge on any atom is -0.355 e. The standard InChI is InChI=1S/C8H18N2O/c1-4-6-10(3)7-5-9-8(2)11/h4-7H2,1-3H3,(H,9,11). The first kappa shape index (κ1) is 10.4. The molecule has 0 radical (unpaired) electrons. The van der Waals surface area contributed by atoms with Crippen LogP contribution in [-0.2, 0) is 4.79 Å². The number of rotatable bonds is 5. The average molecular weight is 158 g/mol. The van der Waals surface area contributed by atoms with Crippen LogP contribution in [0.5, 0.6) is 0 Å². The molecule has 0 fully saturated rings. The summed E-state index contributed by atoms with van der Waals surface area (Å²) in [5.41, 5.74) is 0. The van der Waals surface area contributed by atoms with Crippen molar-refractivity contribution in [2.45, 2.75) is 20.3 Å². The molecule has 0 heterocycles. The Hall–Kier alpha value is -0.570. The Balaban J connectivity index is 3.16. The number of amides is 1. The van der Waals surface area contributed by atoms with Crippen LogP contribution in [0, 0.1) is 0 Å². The van der Waals surface area contributed by atoms with Gasteiger partial charge in [-0.15, -0.1) is 0 Å². The third-order valence-electron chi connectivity index (χ3n) is 1.47. The fourth-order valence-electron chi connectivity index (χ4n) is 0.916. The molecule has 11 heavy (non-hydrogen) atoms. The van der Waals surface area contributed by atoms with E-state index in [1.54, 1.807) is 6.92 Å². The lowest BCUT2D eigenvalue weighted by Crippen LogP contribution is -2.31. The minimum absolute atomic E-state index is 0.0508. The Kier molecular flexibility index (Phi) is 5.84. The van der Waals surface area contributed by atoms with Crippen LogP contribution < -0.4 is 5.32 Å². The van der Waals surface area contributed by atoms with Crippen molar-refractivity contribution in [3.05, 3.63) is 0 Å². The molecule has 0 atom stereocenters. The maximum Gasteiger partial charge on any atom is 0.216 e. The van der Waals surface area contributed by atoms with Crippen LogP contribution in [0.3, 0.4) is 0 Å². The predicted octanol–water partition coefficient (Wildman–Crippen LogP) is 0.464. The zero-order valence-electron chi connectivity index (χ0n) is 7.68. The Morgan fingerprint density at radius 2 is 2.09 bits per heavy atom. The lowest BCUT2D eigenvalue weighted by Gasteiger charge is -2.14. The molecule has 0 saturated heterocycles. The molecule has 1 amide bonds. The van der Waals surface area contributed by atoms with Crippen LogP contribution in [0.1, 0.15) is 20.3 Å². The lowest BCUT2D eigenvalue weighted by atomic mass is 10.4. The second kappa shape index (κ2) is 6.16. The Morgan fingerprint density at radius 3 is 2.55 bits per heavy atom. The molecule has 0 aromatic rings. The van der Waals surface area contributed by atoms with Gasteiger partial charge in [0, 0.05) is 20.0 Å². The molecule has 0 aromatic carbocycles. The van der Waals surface area contributed by atoms with Crippen molar-refractivity contribution in [2.75, 3.05) is 26.7 Å². The molecule has 1 N–H and O–H groups in total. The quantitative estimate of drug-likeness (QED) is 0.630. The third kappa shape index (κ3) is 7.33. The summed E-state index contributed by atoms with van der Waals surface area (Å²) in [7, 11) is 2.06. The maximum absolute atomic E-state index is 10.5. The van der Waals surface area contributed by atoms with Gasteiger partial charge in [-0.05, 0) is 20.0 Å². The van der Waals surface area contributed by atoms with E-state index in [2.05, 4.69) is 24.2 Å². The van der Waals surface area contributed by atoms with Crippen LogP contribution in [0.15, 0.2) is 0 Å². The highest BCUT2D eigenvalue weighted by Gasteiger charge is 1.95. The Labute approximate surface area is 68.8 Å². The lowest BCUT2D eigenvalue weighted by molar-refractivity contribution is -0.118. The third-order valence-corrected chi connectivity index (χ3v) is 1.47. The van der Waals surface area contributed by atoms with Gasteiger partial charge in [0.05, 0.1) is 0 Å². The molecule has 0 spiro atoms. The van der Waals surface area contributed by atoms with Gasteiger partial charge in [0.1, 0.15) is 0 Å². The summed E-state index contributed by atoms with van der Waals surface area (Å²) in [4.78, 5) is 12.7. The van der Waals surface area contributed by atoms with E-state index in [0.717, 1.165) is 26.1 Å². The van der Waals surface area contributed by atoms with Gasteiger partial charge >= 0.3 is 0 Å². The van der Waals surface area contributed by atoms with Crippen LogP contribution in [0.25, 0.3) is 0 Å². The molecule has 66 valence electrons. The van der Waals surface area contributed by atoms with Crippen LogP contribution in [-0.4, -0.2) is 37.5 Å². The molecule has 0 aliphatic carbocycles. The molecule has 0 unspecified atom stereocenters. The number of likely N-dealkylation sites (N-methyl/N-ethyl adjacent to an activating group) is 1. The zero-order chi connectivity index (χ0) is 8.69. The van der Waals surface area contributed by atoms with Gasteiger partial charge in [0.15, 0.2) is 0 Å². The normalized spacial score (nSPS) is 10.2. The van der Waals surface area contributed by atoms with Gasteiger partial charge < -0.3 is 10.2 Å².